The van der Waals surface area contributed by atoms with Gasteiger partial charge in [0, 0.05) is 29.9 Å². The van der Waals surface area contributed by atoms with Crippen LogP contribution in [0, 0.1) is 0 Å². The summed E-state index contributed by atoms with van der Waals surface area (Å²) in [7, 11) is 1.96. The van der Waals surface area contributed by atoms with Crippen molar-refractivity contribution in [3.8, 4) is 10.7 Å². The van der Waals surface area contributed by atoms with Crippen molar-refractivity contribution in [2.45, 2.75) is 26.4 Å². The maximum Gasteiger partial charge on any atom is 0.141 e. The lowest BCUT2D eigenvalue weighted by Gasteiger charge is -2.05. The normalized spacial score (nSPS) is 12.9. The molecule has 2 aromatic rings. The molecule has 0 radical (unpaired) electrons. The van der Waals surface area contributed by atoms with Crippen molar-refractivity contribution in [2.24, 2.45) is 0 Å². The fourth-order valence-corrected chi connectivity index (χ4v) is 2.52. The second-order valence-electron chi connectivity index (χ2n) is 3.61. The summed E-state index contributed by atoms with van der Waals surface area (Å²) in [6.07, 6.45) is 3.76. The Balaban J connectivity index is 2.31. The first-order valence-electron chi connectivity index (χ1n) is 5.41. The van der Waals surface area contributed by atoms with Crippen molar-refractivity contribution in [1.82, 2.24) is 20.1 Å². The van der Waals surface area contributed by atoms with E-state index < -0.39 is 0 Å². The molecule has 0 aliphatic rings. The molecule has 0 fully saturated rings. The quantitative estimate of drug-likeness (QED) is 0.885. The van der Waals surface area contributed by atoms with Gasteiger partial charge < -0.3 is 5.32 Å². The molecule has 1 atom stereocenters. The summed E-state index contributed by atoms with van der Waals surface area (Å²) in [5, 5.41) is 8.51. The van der Waals surface area contributed by atoms with Gasteiger partial charge in [-0.15, -0.1) is 11.3 Å². The highest BCUT2D eigenvalue weighted by atomic mass is 32.1. The Morgan fingerprint density at radius 1 is 1.56 bits per heavy atom. The van der Waals surface area contributed by atoms with Gasteiger partial charge in [0.25, 0.3) is 0 Å². The van der Waals surface area contributed by atoms with Crippen molar-refractivity contribution >= 4 is 11.3 Å². The van der Waals surface area contributed by atoms with Crippen LogP contribution in [0.3, 0.4) is 0 Å². The van der Waals surface area contributed by atoms with Crippen molar-refractivity contribution in [1.29, 1.82) is 0 Å². The van der Waals surface area contributed by atoms with Gasteiger partial charge in [0.1, 0.15) is 5.01 Å². The molecular weight excluding hydrogens is 220 g/mol. The van der Waals surface area contributed by atoms with Crippen LogP contribution in [0.4, 0.5) is 0 Å². The van der Waals surface area contributed by atoms with Gasteiger partial charge in [-0.3, -0.25) is 4.68 Å². The lowest BCUT2D eigenvalue weighted by molar-refractivity contribution is 0.662. The zero-order valence-electron chi connectivity index (χ0n) is 9.77. The van der Waals surface area contributed by atoms with E-state index in [-0.39, 0.29) is 0 Å². The Kier molecular flexibility index (Phi) is 3.36. The zero-order valence-corrected chi connectivity index (χ0v) is 10.6. The van der Waals surface area contributed by atoms with Crippen LogP contribution in [0.1, 0.15) is 24.8 Å². The predicted molar refractivity (Wildman–Crippen MR) is 66.5 cm³/mol. The summed E-state index contributed by atoms with van der Waals surface area (Å²) in [4.78, 5) is 5.71. The van der Waals surface area contributed by atoms with Crippen molar-refractivity contribution in [3.63, 3.8) is 0 Å². The minimum Gasteiger partial charge on any atom is -0.312 e. The van der Waals surface area contributed by atoms with Crippen LogP contribution < -0.4 is 5.32 Å². The molecule has 2 rings (SSSR count). The van der Waals surface area contributed by atoms with Gasteiger partial charge >= 0.3 is 0 Å². The Labute approximate surface area is 99.3 Å². The fourth-order valence-electron chi connectivity index (χ4n) is 1.51. The van der Waals surface area contributed by atoms with Crippen molar-refractivity contribution in [3.05, 3.63) is 23.3 Å². The predicted octanol–water partition coefficient (Wildman–Crippen LogP) is 2.31. The molecule has 0 aliphatic heterocycles. The molecule has 0 amide bonds. The second-order valence-corrected chi connectivity index (χ2v) is 4.67. The Morgan fingerprint density at radius 3 is 3.06 bits per heavy atom. The average Bonchev–Trinajstić information content (AvgIpc) is 2.95. The molecule has 5 heteroatoms. The lowest BCUT2D eigenvalue weighted by Crippen LogP contribution is -2.10. The Morgan fingerprint density at radius 2 is 2.38 bits per heavy atom. The molecule has 0 bridgehead atoms. The van der Waals surface area contributed by atoms with Gasteiger partial charge in [0.05, 0.1) is 5.69 Å². The number of aromatic nitrogens is 3. The van der Waals surface area contributed by atoms with E-state index in [4.69, 9.17) is 0 Å². The minimum atomic E-state index is 0.351. The maximum atomic E-state index is 4.45. The Hall–Kier alpha value is -1.20. The highest BCUT2D eigenvalue weighted by Crippen LogP contribution is 2.28. The summed E-state index contributed by atoms with van der Waals surface area (Å²) in [6.45, 7) is 5.09. The van der Waals surface area contributed by atoms with Gasteiger partial charge in [-0.25, -0.2) is 4.98 Å². The van der Waals surface area contributed by atoms with Crippen LogP contribution in [0.2, 0.25) is 0 Å². The Bertz CT molecular complexity index is 460. The smallest absolute Gasteiger partial charge is 0.141 e. The number of nitrogens with zero attached hydrogens (tertiary/aromatic N) is 3. The number of thiazole rings is 1. The second kappa shape index (κ2) is 4.76. The van der Waals surface area contributed by atoms with Gasteiger partial charge in [0.15, 0.2) is 0 Å². The third-order valence-corrected chi connectivity index (χ3v) is 3.82. The van der Waals surface area contributed by atoms with Crippen LogP contribution in [-0.2, 0) is 6.54 Å². The highest BCUT2D eigenvalue weighted by molar-refractivity contribution is 7.15. The molecule has 4 nitrogen and oxygen atoms in total. The molecule has 2 heterocycles. The SMILES string of the molecule is CCn1nccc1-c1ncc(C(C)NC)s1. The topological polar surface area (TPSA) is 42.7 Å². The van der Waals surface area contributed by atoms with Crippen molar-refractivity contribution in [2.75, 3.05) is 7.05 Å². The van der Waals surface area contributed by atoms with Gasteiger partial charge in [-0.2, -0.15) is 5.10 Å². The van der Waals surface area contributed by atoms with E-state index in [2.05, 4.69) is 29.2 Å². The van der Waals surface area contributed by atoms with E-state index in [1.165, 1.54) is 4.88 Å². The molecule has 0 aromatic carbocycles. The maximum absolute atomic E-state index is 4.45. The van der Waals surface area contributed by atoms with E-state index in [0.717, 1.165) is 17.2 Å². The van der Waals surface area contributed by atoms with Gasteiger partial charge in [-0.05, 0) is 27.0 Å². The molecule has 1 N–H and O–H groups in total. The minimum absolute atomic E-state index is 0.351. The molecule has 16 heavy (non-hydrogen) atoms. The zero-order chi connectivity index (χ0) is 11.5. The fraction of sp³-hybridized carbons (Fsp3) is 0.455. The van der Waals surface area contributed by atoms with E-state index in [0.29, 0.717) is 6.04 Å². The number of hydrogen-bond donors (Lipinski definition) is 1. The van der Waals surface area contributed by atoms with Crippen LogP contribution in [0.5, 0.6) is 0 Å². The highest BCUT2D eigenvalue weighted by Gasteiger charge is 2.11. The summed E-state index contributed by atoms with van der Waals surface area (Å²) >= 11 is 1.72. The van der Waals surface area contributed by atoms with Gasteiger partial charge in [0.2, 0.25) is 0 Å². The van der Waals surface area contributed by atoms with E-state index >= 15 is 0 Å². The van der Waals surface area contributed by atoms with Crippen LogP contribution in [0.25, 0.3) is 10.7 Å². The molecule has 2 aromatic heterocycles. The monoisotopic (exact) mass is 236 g/mol. The number of hydrogen-bond acceptors (Lipinski definition) is 4. The van der Waals surface area contributed by atoms with E-state index in [9.17, 15) is 0 Å². The van der Waals surface area contributed by atoms with Gasteiger partial charge in [-0.1, -0.05) is 0 Å². The first-order chi connectivity index (χ1) is 7.76. The number of aryl methyl sites for hydroxylation is 1. The summed E-state index contributed by atoms with van der Waals surface area (Å²) in [5.41, 5.74) is 1.10. The van der Waals surface area contributed by atoms with E-state index in [1.54, 1.807) is 11.3 Å². The first-order valence-corrected chi connectivity index (χ1v) is 6.23. The number of rotatable bonds is 4. The van der Waals surface area contributed by atoms with Crippen molar-refractivity contribution < 1.29 is 0 Å². The molecule has 86 valence electrons. The summed E-state index contributed by atoms with van der Waals surface area (Å²) in [6, 6.07) is 2.36. The molecule has 0 saturated heterocycles. The molecule has 0 spiro atoms. The molecule has 0 aliphatic carbocycles. The van der Waals surface area contributed by atoms with E-state index in [1.807, 2.05) is 30.2 Å². The largest absolute Gasteiger partial charge is 0.312 e. The lowest BCUT2D eigenvalue weighted by atomic mass is 10.3. The standard InChI is InChI=1S/C11H16N4S/c1-4-15-9(5-6-14-15)11-13-7-10(16-11)8(2)12-3/h5-8,12H,4H2,1-3H3. The average molecular weight is 236 g/mol. The van der Waals surface area contributed by atoms with Crippen LogP contribution in [-0.4, -0.2) is 21.8 Å². The molecular formula is C11H16N4S. The molecule has 0 saturated carbocycles. The summed E-state index contributed by atoms with van der Waals surface area (Å²) < 4.78 is 1.96. The third kappa shape index (κ3) is 2.01. The van der Waals surface area contributed by atoms with Crippen LogP contribution >= 0.6 is 11.3 Å². The third-order valence-electron chi connectivity index (χ3n) is 2.62. The first kappa shape index (κ1) is 11.3. The molecule has 1 unspecified atom stereocenters. The number of nitrogens with one attached hydrogen (secondary N) is 1. The van der Waals surface area contributed by atoms with Crippen LogP contribution in [0.15, 0.2) is 18.5 Å². The summed E-state index contributed by atoms with van der Waals surface area (Å²) in [5.74, 6) is 0.